The molecule has 0 aromatic heterocycles. The third-order valence-corrected chi connectivity index (χ3v) is 2.57. The van der Waals surface area contributed by atoms with Gasteiger partial charge in [0.05, 0.1) is 5.60 Å². The zero-order valence-corrected chi connectivity index (χ0v) is 11.8. The Hall–Kier alpha value is -1.69. The van der Waals surface area contributed by atoms with Crippen LogP contribution in [-0.4, -0.2) is 41.2 Å². The minimum Gasteiger partial charge on any atom is -0.435 e. The lowest BCUT2D eigenvalue weighted by atomic mass is 10.1. The first-order valence-electron chi connectivity index (χ1n) is 6.29. The third-order valence-electron chi connectivity index (χ3n) is 2.57. The molecule has 0 heterocycles. The number of benzene rings is 1. The first kappa shape index (κ1) is 16.4. The van der Waals surface area contributed by atoms with Gasteiger partial charge in [-0.3, -0.25) is 4.79 Å². The predicted molar refractivity (Wildman–Crippen MR) is 70.9 cm³/mol. The molecule has 0 aliphatic carbocycles. The molecule has 4 nitrogen and oxygen atoms in total. The summed E-state index contributed by atoms with van der Waals surface area (Å²) in [5.74, 6) is -0.264. The normalized spacial score (nSPS) is 11.6. The van der Waals surface area contributed by atoms with Crippen molar-refractivity contribution in [2.75, 3.05) is 13.1 Å². The minimum atomic E-state index is -2.89. The summed E-state index contributed by atoms with van der Waals surface area (Å²) in [6.45, 7) is 2.78. The average molecular weight is 287 g/mol. The van der Waals surface area contributed by atoms with Gasteiger partial charge >= 0.3 is 6.61 Å². The van der Waals surface area contributed by atoms with Crippen molar-refractivity contribution in [1.82, 2.24) is 4.90 Å². The molecule has 6 heteroatoms. The van der Waals surface area contributed by atoms with Gasteiger partial charge in [-0.15, -0.1) is 0 Å². The van der Waals surface area contributed by atoms with E-state index in [1.165, 1.54) is 29.2 Å². The van der Waals surface area contributed by atoms with Gasteiger partial charge in [-0.25, -0.2) is 0 Å². The molecular formula is C14H19F2NO3. The highest BCUT2D eigenvalue weighted by molar-refractivity contribution is 5.94. The van der Waals surface area contributed by atoms with Crippen LogP contribution in [0.2, 0.25) is 0 Å². The molecule has 112 valence electrons. The predicted octanol–water partition coefficient (Wildman–Crippen LogP) is 2.52. The van der Waals surface area contributed by atoms with Crippen molar-refractivity contribution in [3.8, 4) is 5.75 Å². The monoisotopic (exact) mass is 287 g/mol. The van der Waals surface area contributed by atoms with Crippen LogP contribution in [0.15, 0.2) is 24.3 Å². The molecule has 1 amide bonds. The largest absolute Gasteiger partial charge is 0.435 e. The second kappa shape index (κ2) is 6.65. The summed E-state index contributed by atoms with van der Waals surface area (Å²) in [5, 5.41) is 9.76. The Bertz CT molecular complexity index is 441. The maximum absolute atomic E-state index is 12.2. The number of nitrogens with zero attached hydrogens (tertiary/aromatic N) is 1. The van der Waals surface area contributed by atoms with Crippen molar-refractivity contribution in [3.63, 3.8) is 0 Å². The molecule has 0 saturated heterocycles. The van der Waals surface area contributed by atoms with Crippen molar-refractivity contribution in [1.29, 1.82) is 0 Å². The maximum Gasteiger partial charge on any atom is 0.387 e. The second-order valence-corrected chi connectivity index (χ2v) is 5.03. The number of likely N-dealkylation sites (N-methyl/N-ethyl adjacent to an activating group) is 1. The van der Waals surface area contributed by atoms with Crippen LogP contribution >= 0.6 is 0 Å². The topological polar surface area (TPSA) is 49.8 Å². The Kier molecular flexibility index (Phi) is 5.44. The molecule has 1 aromatic rings. The summed E-state index contributed by atoms with van der Waals surface area (Å²) in [5.41, 5.74) is -0.637. The summed E-state index contributed by atoms with van der Waals surface area (Å²) in [7, 11) is 0. The van der Waals surface area contributed by atoms with Gasteiger partial charge in [0.1, 0.15) is 5.75 Å². The van der Waals surface area contributed by atoms with Crippen LogP contribution in [0.3, 0.4) is 0 Å². The van der Waals surface area contributed by atoms with E-state index in [0.29, 0.717) is 12.1 Å². The zero-order chi connectivity index (χ0) is 15.3. The molecule has 20 heavy (non-hydrogen) atoms. The number of hydrogen-bond donors (Lipinski definition) is 1. The summed E-state index contributed by atoms with van der Waals surface area (Å²) < 4.78 is 28.3. The Morgan fingerprint density at radius 2 is 1.90 bits per heavy atom. The van der Waals surface area contributed by atoms with Crippen molar-refractivity contribution >= 4 is 5.91 Å². The average Bonchev–Trinajstić information content (AvgIpc) is 2.34. The molecule has 1 N–H and O–H groups in total. The summed E-state index contributed by atoms with van der Waals surface area (Å²) in [6, 6.07) is 5.48. The first-order chi connectivity index (χ1) is 9.23. The fraction of sp³-hybridized carbons (Fsp3) is 0.500. The lowest BCUT2D eigenvalue weighted by Crippen LogP contribution is -2.42. The van der Waals surface area contributed by atoms with Crippen LogP contribution in [-0.2, 0) is 0 Å². The molecule has 0 radical (unpaired) electrons. The standard InChI is InChI=1S/C14H19F2NO3/c1-4-17(9-14(2,3)19)12(18)10-5-7-11(8-6-10)20-13(15)16/h5-8,13,19H,4,9H2,1-3H3. The second-order valence-electron chi connectivity index (χ2n) is 5.03. The van der Waals surface area contributed by atoms with Crippen molar-refractivity contribution < 1.29 is 23.4 Å². The third kappa shape index (κ3) is 5.13. The Morgan fingerprint density at radius 3 is 2.30 bits per heavy atom. The van der Waals surface area contributed by atoms with Gasteiger partial charge in [-0.1, -0.05) is 0 Å². The number of carbonyl (C=O) groups is 1. The van der Waals surface area contributed by atoms with Crippen LogP contribution in [0.4, 0.5) is 8.78 Å². The first-order valence-corrected chi connectivity index (χ1v) is 6.29. The van der Waals surface area contributed by atoms with Gasteiger partial charge in [0.25, 0.3) is 5.91 Å². The van der Waals surface area contributed by atoms with Gasteiger partial charge in [-0.2, -0.15) is 8.78 Å². The van der Waals surface area contributed by atoms with E-state index in [-0.39, 0.29) is 18.2 Å². The molecule has 0 bridgehead atoms. The van der Waals surface area contributed by atoms with Gasteiger partial charge in [-0.05, 0) is 45.0 Å². The highest BCUT2D eigenvalue weighted by atomic mass is 19.3. The van der Waals surface area contributed by atoms with Crippen LogP contribution in [0.25, 0.3) is 0 Å². The molecule has 0 fully saturated rings. The van der Waals surface area contributed by atoms with E-state index in [0.717, 1.165) is 0 Å². The molecule has 0 unspecified atom stereocenters. The summed E-state index contributed by atoms with van der Waals surface area (Å²) in [4.78, 5) is 13.7. The fourth-order valence-electron chi connectivity index (χ4n) is 1.76. The molecule has 0 saturated carbocycles. The number of hydrogen-bond acceptors (Lipinski definition) is 3. The lowest BCUT2D eigenvalue weighted by molar-refractivity contribution is -0.0498. The van der Waals surface area contributed by atoms with E-state index >= 15 is 0 Å². The smallest absolute Gasteiger partial charge is 0.387 e. The lowest BCUT2D eigenvalue weighted by Gasteiger charge is -2.28. The van der Waals surface area contributed by atoms with Crippen molar-refractivity contribution in [2.24, 2.45) is 0 Å². The number of alkyl halides is 2. The maximum atomic E-state index is 12.2. The number of aliphatic hydroxyl groups is 1. The van der Waals surface area contributed by atoms with Gasteiger partial charge < -0.3 is 14.7 Å². The van der Waals surface area contributed by atoms with Crippen LogP contribution in [0.1, 0.15) is 31.1 Å². The SMILES string of the molecule is CCN(CC(C)(C)O)C(=O)c1ccc(OC(F)F)cc1. The van der Waals surface area contributed by atoms with Gasteiger partial charge in [0, 0.05) is 18.7 Å². The van der Waals surface area contributed by atoms with Crippen molar-refractivity contribution in [2.45, 2.75) is 33.0 Å². The van der Waals surface area contributed by atoms with E-state index in [4.69, 9.17) is 0 Å². The van der Waals surface area contributed by atoms with Crippen LogP contribution < -0.4 is 4.74 Å². The molecule has 0 aliphatic rings. The highest BCUT2D eigenvalue weighted by Crippen LogP contribution is 2.17. The van der Waals surface area contributed by atoms with Crippen LogP contribution in [0.5, 0.6) is 5.75 Å². The summed E-state index contributed by atoms with van der Waals surface area (Å²) in [6.07, 6.45) is 0. The molecular weight excluding hydrogens is 268 g/mol. The molecule has 1 rings (SSSR count). The Labute approximate surface area is 117 Å². The number of carbonyl (C=O) groups excluding carboxylic acids is 1. The van der Waals surface area contributed by atoms with E-state index in [1.807, 2.05) is 0 Å². The number of halogens is 2. The van der Waals surface area contributed by atoms with Crippen LogP contribution in [0, 0.1) is 0 Å². The molecule has 0 spiro atoms. The Balaban J connectivity index is 2.80. The highest BCUT2D eigenvalue weighted by Gasteiger charge is 2.22. The quantitative estimate of drug-likeness (QED) is 0.874. The molecule has 0 aliphatic heterocycles. The summed E-state index contributed by atoms with van der Waals surface area (Å²) >= 11 is 0. The van der Waals surface area contributed by atoms with Crippen molar-refractivity contribution in [3.05, 3.63) is 29.8 Å². The number of rotatable bonds is 6. The van der Waals surface area contributed by atoms with E-state index in [9.17, 15) is 18.7 Å². The van der Waals surface area contributed by atoms with Gasteiger partial charge in [0.2, 0.25) is 0 Å². The fourth-order valence-corrected chi connectivity index (χ4v) is 1.76. The van der Waals surface area contributed by atoms with Gasteiger partial charge in [0.15, 0.2) is 0 Å². The number of amides is 1. The van der Waals surface area contributed by atoms with E-state index in [2.05, 4.69) is 4.74 Å². The van der Waals surface area contributed by atoms with E-state index < -0.39 is 12.2 Å². The molecule has 1 aromatic carbocycles. The minimum absolute atomic E-state index is 0.00193. The van der Waals surface area contributed by atoms with E-state index in [1.54, 1.807) is 20.8 Å². The molecule has 0 atom stereocenters. The Morgan fingerprint density at radius 1 is 1.35 bits per heavy atom. The zero-order valence-electron chi connectivity index (χ0n) is 11.8. The number of ether oxygens (including phenoxy) is 1.